The van der Waals surface area contributed by atoms with Crippen molar-refractivity contribution >= 4 is 16.9 Å². The van der Waals surface area contributed by atoms with Crippen LogP contribution in [0.25, 0.3) is 11.0 Å². The van der Waals surface area contributed by atoms with E-state index in [1.807, 2.05) is 18.2 Å². The molecule has 2 heterocycles. The number of aromatic nitrogens is 3. The molecule has 2 aromatic heterocycles. The molecule has 0 atom stereocenters. The van der Waals surface area contributed by atoms with Gasteiger partial charge < -0.3 is 9.88 Å². The Morgan fingerprint density at radius 2 is 1.96 bits per heavy atom. The van der Waals surface area contributed by atoms with Crippen molar-refractivity contribution in [3.05, 3.63) is 60.2 Å². The molecule has 0 saturated carbocycles. The molecule has 0 saturated heterocycles. The highest BCUT2D eigenvalue weighted by atomic mass is 16.1. The minimum absolute atomic E-state index is 0.0782. The van der Waals surface area contributed by atoms with Crippen molar-refractivity contribution in [3.63, 3.8) is 0 Å². The van der Waals surface area contributed by atoms with Gasteiger partial charge in [0.2, 0.25) is 0 Å². The quantitative estimate of drug-likeness (QED) is 0.762. The van der Waals surface area contributed by atoms with Gasteiger partial charge in [0.05, 0.1) is 11.0 Å². The summed E-state index contributed by atoms with van der Waals surface area (Å²) in [6.07, 6.45) is 5.01. The van der Waals surface area contributed by atoms with Gasteiger partial charge in [-0.1, -0.05) is 19.1 Å². The van der Waals surface area contributed by atoms with Crippen LogP contribution in [0.4, 0.5) is 0 Å². The molecule has 0 radical (unpaired) electrons. The maximum absolute atomic E-state index is 12.1. The fourth-order valence-corrected chi connectivity index (χ4v) is 2.68. The van der Waals surface area contributed by atoms with E-state index in [-0.39, 0.29) is 5.91 Å². The molecule has 0 aliphatic rings. The molecule has 0 bridgehead atoms. The van der Waals surface area contributed by atoms with Crippen molar-refractivity contribution in [1.29, 1.82) is 0 Å². The molecule has 0 aliphatic carbocycles. The predicted molar refractivity (Wildman–Crippen MR) is 90.3 cm³/mol. The summed E-state index contributed by atoms with van der Waals surface area (Å²) >= 11 is 0. The number of rotatable bonds is 6. The number of carbonyl (C=O) groups is 1. The number of fused-ring (bicyclic) bond motifs is 1. The van der Waals surface area contributed by atoms with E-state index in [9.17, 15) is 4.79 Å². The lowest BCUT2D eigenvalue weighted by Gasteiger charge is -2.08. The van der Waals surface area contributed by atoms with Crippen LogP contribution in [0.5, 0.6) is 0 Å². The Hall–Kier alpha value is -2.69. The zero-order valence-corrected chi connectivity index (χ0v) is 13.2. The molecule has 3 aromatic rings. The molecule has 5 heteroatoms. The van der Waals surface area contributed by atoms with Crippen molar-refractivity contribution in [2.24, 2.45) is 0 Å². The number of hydrogen-bond donors (Lipinski definition) is 1. The minimum Gasteiger partial charge on any atom is -0.352 e. The average Bonchev–Trinajstić information content (AvgIpc) is 2.94. The summed E-state index contributed by atoms with van der Waals surface area (Å²) in [7, 11) is 0. The van der Waals surface area contributed by atoms with E-state index in [4.69, 9.17) is 4.98 Å². The van der Waals surface area contributed by atoms with E-state index in [2.05, 4.69) is 27.9 Å². The summed E-state index contributed by atoms with van der Waals surface area (Å²) in [4.78, 5) is 20.7. The van der Waals surface area contributed by atoms with Crippen molar-refractivity contribution in [2.75, 3.05) is 6.54 Å². The molecule has 0 unspecified atom stereocenters. The second kappa shape index (κ2) is 7.05. The third-order valence-electron chi connectivity index (χ3n) is 3.76. The lowest BCUT2D eigenvalue weighted by atomic mass is 10.2. The largest absolute Gasteiger partial charge is 0.352 e. The first-order chi connectivity index (χ1) is 11.3. The highest BCUT2D eigenvalue weighted by Crippen LogP contribution is 2.16. The van der Waals surface area contributed by atoms with Gasteiger partial charge in [-0.25, -0.2) is 4.98 Å². The van der Waals surface area contributed by atoms with E-state index >= 15 is 0 Å². The normalized spacial score (nSPS) is 10.8. The third kappa shape index (κ3) is 3.39. The van der Waals surface area contributed by atoms with Crippen LogP contribution in [0, 0.1) is 0 Å². The fraction of sp³-hybridized carbons (Fsp3) is 0.278. The van der Waals surface area contributed by atoms with E-state index in [1.165, 1.54) is 0 Å². The van der Waals surface area contributed by atoms with Gasteiger partial charge in [-0.05, 0) is 30.7 Å². The Labute approximate surface area is 135 Å². The van der Waals surface area contributed by atoms with Crippen LogP contribution in [-0.4, -0.2) is 27.0 Å². The number of nitrogens with one attached hydrogen (secondary N) is 1. The number of pyridine rings is 1. The van der Waals surface area contributed by atoms with Gasteiger partial charge in [0, 0.05) is 37.5 Å². The predicted octanol–water partition coefficient (Wildman–Crippen LogP) is 2.81. The molecule has 1 amide bonds. The van der Waals surface area contributed by atoms with Crippen molar-refractivity contribution < 1.29 is 4.79 Å². The Balaban J connectivity index is 1.69. The van der Waals surface area contributed by atoms with Crippen LogP contribution in [0.15, 0.2) is 48.8 Å². The molecule has 0 aliphatic heterocycles. The molecular formula is C18H20N4O. The van der Waals surface area contributed by atoms with E-state index in [0.717, 1.165) is 29.8 Å². The number of aryl methyl sites for hydroxylation is 1. The molecule has 23 heavy (non-hydrogen) atoms. The number of amides is 1. The van der Waals surface area contributed by atoms with Crippen LogP contribution in [0.1, 0.15) is 29.5 Å². The summed E-state index contributed by atoms with van der Waals surface area (Å²) in [5.41, 5.74) is 2.79. The van der Waals surface area contributed by atoms with Gasteiger partial charge in [0.25, 0.3) is 5.91 Å². The Kier molecular flexibility index (Phi) is 4.66. The Bertz CT molecular complexity index is 795. The first-order valence-corrected chi connectivity index (χ1v) is 7.92. The second-order valence-corrected chi connectivity index (χ2v) is 5.41. The number of nitrogens with zero attached hydrogens (tertiary/aromatic N) is 3. The van der Waals surface area contributed by atoms with Gasteiger partial charge in [-0.3, -0.25) is 9.78 Å². The van der Waals surface area contributed by atoms with Gasteiger partial charge in [-0.15, -0.1) is 0 Å². The monoisotopic (exact) mass is 308 g/mol. The Morgan fingerprint density at radius 1 is 1.17 bits per heavy atom. The second-order valence-electron chi connectivity index (χ2n) is 5.41. The third-order valence-corrected chi connectivity index (χ3v) is 3.76. The van der Waals surface area contributed by atoms with E-state index < -0.39 is 0 Å². The highest BCUT2D eigenvalue weighted by molar-refractivity contribution is 5.93. The van der Waals surface area contributed by atoms with Crippen LogP contribution < -0.4 is 5.32 Å². The van der Waals surface area contributed by atoms with Gasteiger partial charge in [0.15, 0.2) is 0 Å². The van der Waals surface area contributed by atoms with Crippen molar-refractivity contribution in [2.45, 2.75) is 26.3 Å². The summed E-state index contributed by atoms with van der Waals surface area (Å²) in [5.74, 6) is 0.939. The molecule has 1 aromatic carbocycles. The lowest BCUT2D eigenvalue weighted by molar-refractivity contribution is 0.0954. The zero-order valence-electron chi connectivity index (χ0n) is 13.2. The van der Waals surface area contributed by atoms with Gasteiger partial charge in [0.1, 0.15) is 5.82 Å². The fourth-order valence-electron chi connectivity index (χ4n) is 2.68. The first-order valence-electron chi connectivity index (χ1n) is 7.92. The summed E-state index contributed by atoms with van der Waals surface area (Å²) in [6, 6.07) is 11.6. The summed E-state index contributed by atoms with van der Waals surface area (Å²) in [5, 5.41) is 2.94. The Morgan fingerprint density at radius 3 is 2.74 bits per heavy atom. The molecule has 0 spiro atoms. The molecule has 3 rings (SSSR count). The number of hydrogen-bond acceptors (Lipinski definition) is 3. The van der Waals surface area contributed by atoms with Crippen molar-refractivity contribution in [1.82, 2.24) is 19.9 Å². The highest BCUT2D eigenvalue weighted by Gasteiger charge is 2.10. The smallest absolute Gasteiger partial charge is 0.251 e. The maximum atomic E-state index is 12.1. The van der Waals surface area contributed by atoms with Crippen LogP contribution in [0.3, 0.4) is 0 Å². The average molecular weight is 308 g/mol. The molecule has 0 fully saturated rings. The van der Waals surface area contributed by atoms with Crippen LogP contribution in [-0.2, 0) is 13.0 Å². The number of carbonyl (C=O) groups excluding carboxylic acids is 1. The topological polar surface area (TPSA) is 59.8 Å². The lowest BCUT2D eigenvalue weighted by Crippen LogP contribution is -2.26. The number of imidazole rings is 1. The van der Waals surface area contributed by atoms with E-state index in [1.54, 1.807) is 24.5 Å². The maximum Gasteiger partial charge on any atom is 0.251 e. The number of benzene rings is 1. The van der Waals surface area contributed by atoms with Gasteiger partial charge >= 0.3 is 0 Å². The molecule has 118 valence electrons. The van der Waals surface area contributed by atoms with Crippen LogP contribution in [0.2, 0.25) is 0 Å². The van der Waals surface area contributed by atoms with Crippen LogP contribution >= 0.6 is 0 Å². The standard InChI is InChI=1S/C18H20N4O/c1-2-13-22-16-6-4-3-5-15(16)21-17(22)9-12-20-18(23)14-7-10-19-11-8-14/h3-8,10-11H,2,9,12-13H2,1H3,(H,20,23). The molecule has 5 nitrogen and oxygen atoms in total. The zero-order chi connectivity index (χ0) is 16.1. The summed E-state index contributed by atoms with van der Waals surface area (Å²) in [6.45, 7) is 3.66. The first kappa shape index (κ1) is 15.2. The minimum atomic E-state index is -0.0782. The molecule has 1 N–H and O–H groups in total. The van der Waals surface area contributed by atoms with Crippen molar-refractivity contribution in [3.8, 4) is 0 Å². The van der Waals surface area contributed by atoms with Gasteiger partial charge in [-0.2, -0.15) is 0 Å². The SMILES string of the molecule is CCCn1c(CCNC(=O)c2ccncc2)nc2ccccc21. The summed E-state index contributed by atoms with van der Waals surface area (Å²) < 4.78 is 2.24. The number of para-hydroxylation sites is 2. The van der Waals surface area contributed by atoms with E-state index in [0.29, 0.717) is 18.5 Å². The molecular weight excluding hydrogens is 288 g/mol.